The molecule has 0 spiro atoms. The van der Waals surface area contributed by atoms with Gasteiger partial charge in [0.2, 0.25) is 5.91 Å². The summed E-state index contributed by atoms with van der Waals surface area (Å²) in [6.07, 6.45) is 2.78. The van der Waals surface area contributed by atoms with Gasteiger partial charge in [0.25, 0.3) is 5.91 Å². The second-order valence-electron chi connectivity index (χ2n) is 5.94. The van der Waals surface area contributed by atoms with Crippen molar-refractivity contribution < 1.29 is 19.1 Å². The van der Waals surface area contributed by atoms with Gasteiger partial charge >= 0.3 is 0 Å². The number of carbonyl (C=O) groups is 3. The lowest BCUT2D eigenvalue weighted by molar-refractivity contribution is -0.136. The number of hydrogen-bond acceptors (Lipinski definition) is 4. The number of methoxy groups -OCH3 is 1. The Morgan fingerprint density at radius 3 is 2.83 bits per heavy atom. The molecule has 1 saturated heterocycles. The van der Waals surface area contributed by atoms with Crippen LogP contribution in [0.2, 0.25) is 0 Å². The quantitative estimate of drug-likeness (QED) is 0.805. The summed E-state index contributed by atoms with van der Waals surface area (Å²) in [5.74, 6) is 0.122. The topological polar surface area (TPSA) is 75.7 Å². The fourth-order valence-corrected chi connectivity index (χ4v) is 3.06. The summed E-state index contributed by atoms with van der Waals surface area (Å²) in [6.45, 7) is 4.21. The number of hydrogen-bond donors (Lipinski definition) is 1. The molecule has 1 unspecified atom stereocenters. The molecule has 1 aromatic rings. The van der Waals surface area contributed by atoms with Gasteiger partial charge in [0, 0.05) is 17.7 Å². The fraction of sp³-hybridized carbons (Fsp3) is 0.500. The van der Waals surface area contributed by atoms with Crippen molar-refractivity contribution in [2.75, 3.05) is 13.7 Å². The molecule has 1 N–H and O–H groups in total. The molecule has 6 heteroatoms. The van der Waals surface area contributed by atoms with Crippen LogP contribution in [0.1, 0.15) is 42.1 Å². The first-order chi connectivity index (χ1) is 11.5. The van der Waals surface area contributed by atoms with Gasteiger partial charge < -0.3 is 19.7 Å². The Bertz CT molecular complexity index is 629. The minimum absolute atomic E-state index is 0.194. The molecule has 2 rings (SSSR count). The molecule has 1 heterocycles. The lowest BCUT2D eigenvalue weighted by atomic mass is 10.1. The predicted octanol–water partition coefficient (Wildman–Crippen LogP) is 1.70. The van der Waals surface area contributed by atoms with Gasteiger partial charge in [0.15, 0.2) is 0 Å². The van der Waals surface area contributed by atoms with Gasteiger partial charge in [0.05, 0.1) is 13.2 Å². The molecule has 1 aliphatic heterocycles. The molecule has 1 aliphatic rings. The molecule has 130 valence electrons. The minimum Gasteiger partial charge on any atom is -0.496 e. The zero-order valence-electron chi connectivity index (χ0n) is 14.4. The van der Waals surface area contributed by atoms with Crippen molar-refractivity contribution in [1.29, 1.82) is 0 Å². The Morgan fingerprint density at radius 1 is 1.46 bits per heavy atom. The molecule has 6 nitrogen and oxygen atoms in total. The third-order valence-electron chi connectivity index (χ3n) is 4.50. The van der Waals surface area contributed by atoms with Crippen molar-refractivity contribution in [3.05, 3.63) is 29.3 Å². The van der Waals surface area contributed by atoms with E-state index in [0.29, 0.717) is 30.7 Å². The summed E-state index contributed by atoms with van der Waals surface area (Å²) >= 11 is 0. The van der Waals surface area contributed by atoms with Gasteiger partial charge in [-0.2, -0.15) is 0 Å². The smallest absolute Gasteiger partial charge is 0.252 e. The van der Waals surface area contributed by atoms with Crippen LogP contribution in [0.5, 0.6) is 5.75 Å². The maximum Gasteiger partial charge on any atom is 0.252 e. The van der Waals surface area contributed by atoms with E-state index in [0.717, 1.165) is 18.3 Å². The van der Waals surface area contributed by atoms with E-state index in [9.17, 15) is 14.4 Å². The van der Waals surface area contributed by atoms with E-state index < -0.39 is 6.04 Å². The zero-order valence-corrected chi connectivity index (χ0v) is 14.4. The van der Waals surface area contributed by atoms with E-state index in [1.807, 2.05) is 6.92 Å². The normalized spacial score (nSPS) is 18.1. The molecule has 0 aliphatic carbocycles. The molecule has 0 saturated carbocycles. The maximum absolute atomic E-state index is 12.6. The molecular weight excluding hydrogens is 308 g/mol. The number of nitrogens with one attached hydrogen (secondary N) is 1. The van der Waals surface area contributed by atoms with Crippen LogP contribution in [0.25, 0.3) is 0 Å². The highest BCUT2D eigenvalue weighted by Gasteiger charge is 2.33. The maximum atomic E-state index is 12.6. The monoisotopic (exact) mass is 332 g/mol. The van der Waals surface area contributed by atoms with Gasteiger partial charge in [0.1, 0.15) is 18.1 Å². The third kappa shape index (κ3) is 3.58. The zero-order chi connectivity index (χ0) is 17.7. The number of benzene rings is 1. The number of rotatable bonds is 6. The van der Waals surface area contributed by atoms with Crippen molar-refractivity contribution in [1.82, 2.24) is 10.2 Å². The largest absolute Gasteiger partial charge is 0.496 e. The number of nitrogens with zero attached hydrogens (tertiary/aromatic N) is 1. The Morgan fingerprint density at radius 2 is 2.21 bits per heavy atom. The van der Waals surface area contributed by atoms with Crippen LogP contribution in [0.3, 0.4) is 0 Å². The molecule has 0 bridgehead atoms. The lowest BCUT2D eigenvalue weighted by Gasteiger charge is -2.26. The van der Waals surface area contributed by atoms with Crippen LogP contribution >= 0.6 is 0 Å². The Hall–Kier alpha value is -2.37. The summed E-state index contributed by atoms with van der Waals surface area (Å²) < 4.78 is 5.23. The lowest BCUT2D eigenvalue weighted by Crippen LogP contribution is -2.50. The number of amides is 2. The van der Waals surface area contributed by atoms with Gasteiger partial charge in [-0.15, -0.1) is 0 Å². The van der Waals surface area contributed by atoms with Crippen molar-refractivity contribution in [3.8, 4) is 5.75 Å². The Labute approximate surface area is 142 Å². The predicted molar refractivity (Wildman–Crippen MR) is 90.1 cm³/mol. The van der Waals surface area contributed by atoms with Crippen molar-refractivity contribution in [2.45, 2.75) is 45.2 Å². The number of likely N-dealkylation sites (tertiary alicyclic amines) is 1. The Kier molecular flexibility index (Phi) is 5.95. The van der Waals surface area contributed by atoms with Gasteiger partial charge in [-0.25, -0.2) is 0 Å². The SMILES string of the molecule is CCC(NC(=O)c1cccc(OC)c1C)C(=O)N1CCC[C@H]1C=O. The highest BCUT2D eigenvalue weighted by molar-refractivity contribution is 5.99. The molecule has 1 aromatic carbocycles. The Balaban J connectivity index is 2.14. The fourth-order valence-electron chi connectivity index (χ4n) is 3.06. The van der Waals surface area contributed by atoms with E-state index >= 15 is 0 Å². The van der Waals surface area contributed by atoms with E-state index in [-0.39, 0.29) is 17.9 Å². The summed E-state index contributed by atoms with van der Waals surface area (Å²) in [5, 5.41) is 2.79. The molecular formula is C18H24N2O4. The first kappa shape index (κ1) is 18.0. The molecule has 24 heavy (non-hydrogen) atoms. The summed E-state index contributed by atoms with van der Waals surface area (Å²) in [4.78, 5) is 37.9. The van der Waals surface area contributed by atoms with Gasteiger partial charge in [-0.1, -0.05) is 13.0 Å². The van der Waals surface area contributed by atoms with Gasteiger partial charge in [-0.05, 0) is 38.3 Å². The van der Waals surface area contributed by atoms with Crippen LogP contribution < -0.4 is 10.1 Å². The summed E-state index contributed by atoms with van der Waals surface area (Å²) in [6, 6.07) is 4.22. The van der Waals surface area contributed by atoms with E-state index in [4.69, 9.17) is 4.74 Å². The highest BCUT2D eigenvalue weighted by atomic mass is 16.5. The van der Waals surface area contributed by atoms with Crippen LogP contribution in [-0.2, 0) is 9.59 Å². The van der Waals surface area contributed by atoms with Crippen LogP contribution in [-0.4, -0.2) is 48.7 Å². The first-order valence-electron chi connectivity index (χ1n) is 8.23. The average molecular weight is 332 g/mol. The second-order valence-corrected chi connectivity index (χ2v) is 5.94. The van der Waals surface area contributed by atoms with Crippen molar-refractivity contribution in [3.63, 3.8) is 0 Å². The van der Waals surface area contributed by atoms with E-state index in [1.165, 1.54) is 0 Å². The third-order valence-corrected chi connectivity index (χ3v) is 4.50. The highest BCUT2D eigenvalue weighted by Crippen LogP contribution is 2.21. The van der Waals surface area contributed by atoms with Crippen molar-refractivity contribution >= 4 is 18.1 Å². The standard InChI is InChI=1S/C18H24N2O4/c1-4-15(18(23)20-10-6-7-13(20)11-21)19-17(22)14-8-5-9-16(24-3)12(14)2/h5,8-9,11,13,15H,4,6-7,10H2,1-3H3,(H,19,22)/t13-,15?/m0/s1. The number of aldehydes is 1. The van der Waals surface area contributed by atoms with Crippen molar-refractivity contribution in [2.24, 2.45) is 0 Å². The van der Waals surface area contributed by atoms with Crippen LogP contribution in [0, 0.1) is 6.92 Å². The number of ether oxygens (including phenoxy) is 1. The van der Waals surface area contributed by atoms with E-state index in [1.54, 1.807) is 37.1 Å². The summed E-state index contributed by atoms with van der Waals surface area (Å²) in [5.41, 5.74) is 1.21. The van der Waals surface area contributed by atoms with Gasteiger partial charge in [-0.3, -0.25) is 9.59 Å². The summed E-state index contributed by atoms with van der Waals surface area (Å²) in [7, 11) is 1.55. The molecule has 1 fully saturated rings. The molecule has 0 radical (unpaired) electrons. The van der Waals surface area contributed by atoms with Crippen LogP contribution in [0.15, 0.2) is 18.2 Å². The number of carbonyl (C=O) groups excluding carboxylic acids is 3. The molecule has 0 aromatic heterocycles. The second kappa shape index (κ2) is 7.95. The van der Waals surface area contributed by atoms with E-state index in [2.05, 4.69) is 5.32 Å². The average Bonchev–Trinajstić information content (AvgIpc) is 3.07. The molecule has 2 amide bonds. The first-order valence-corrected chi connectivity index (χ1v) is 8.23. The van der Waals surface area contributed by atoms with Crippen LogP contribution in [0.4, 0.5) is 0 Å². The molecule has 2 atom stereocenters. The minimum atomic E-state index is -0.636.